The second kappa shape index (κ2) is 8.02. The van der Waals surface area contributed by atoms with Gasteiger partial charge in [0.1, 0.15) is 5.60 Å². The smallest absolute Gasteiger partial charge is 0.261 e. The van der Waals surface area contributed by atoms with E-state index in [1.807, 2.05) is 57.2 Å². The number of hydrogen-bond acceptors (Lipinski definition) is 6. The first-order valence-electron chi connectivity index (χ1n) is 10.3. The number of nitrogens with zero attached hydrogens (tertiary/aromatic N) is 4. The highest BCUT2D eigenvalue weighted by atomic mass is 16.5. The van der Waals surface area contributed by atoms with Gasteiger partial charge in [-0.25, -0.2) is 0 Å². The minimum Gasteiger partial charge on any atom is -0.483 e. The number of hydrogen-bond donors (Lipinski definition) is 1. The second-order valence-electron chi connectivity index (χ2n) is 8.54. The molecular formula is C23H27N5O3. The zero-order valence-electron chi connectivity index (χ0n) is 18.5. The van der Waals surface area contributed by atoms with E-state index >= 15 is 0 Å². The Balaban J connectivity index is 1.41. The monoisotopic (exact) mass is 421 g/mol. The van der Waals surface area contributed by atoms with Crippen molar-refractivity contribution in [1.29, 1.82) is 0 Å². The number of nitrogens with one attached hydrogen (secondary N) is 1. The summed E-state index contributed by atoms with van der Waals surface area (Å²) >= 11 is 0. The summed E-state index contributed by atoms with van der Waals surface area (Å²) in [5.41, 5.74) is 3.99. The fourth-order valence-electron chi connectivity index (χ4n) is 3.61. The van der Waals surface area contributed by atoms with Gasteiger partial charge in [0.25, 0.3) is 5.91 Å². The highest BCUT2D eigenvalue weighted by Gasteiger charge is 2.33. The summed E-state index contributed by atoms with van der Waals surface area (Å²) in [6.45, 7) is 10.0. The Labute approximate surface area is 181 Å². The minimum absolute atomic E-state index is 0.183. The summed E-state index contributed by atoms with van der Waals surface area (Å²) < 4.78 is 13.6. The van der Waals surface area contributed by atoms with Crippen LogP contribution in [0, 0.1) is 13.8 Å². The fourth-order valence-corrected chi connectivity index (χ4v) is 3.61. The van der Waals surface area contributed by atoms with Crippen molar-refractivity contribution < 1.29 is 14.3 Å². The highest BCUT2D eigenvalue weighted by Crippen LogP contribution is 2.42. The predicted molar refractivity (Wildman–Crippen MR) is 115 cm³/mol. The Hall–Kier alpha value is -3.42. The Kier molecular flexibility index (Phi) is 5.39. The van der Waals surface area contributed by atoms with Gasteiger partial charge in [0.2, 0.25) is 0 Å². The molecule has 1 unspecified atom stereocenters. The first kappa shape index (κ1) is 20.8. The maximum absolute atomic E-state index is 12.7. The van der Waals surface area contributed by atoms with E-state index in [4.69, 9.17) is 9.47 Å². The van der Waals surface area contributed by atoms with Crippen molar-refractivity contribution in [3.63, 3.8) is 0 Å². The van der Waals surface area contributed by atoms with E-state index < -0.39 is 6.10 Å². The minimum atomic E-state index is -0.704. The molecule has 3 aromatic rings. The number of amides is 1. The van der Waals surface area contributed by atoms with Crippen LogP contribution < -0.4 is 14.8 Å². The van der Waals surface area contributed by atoms with Gasteiger partial charge in [-0.3, -0.25) is 4.79 Å². The zero-order valence-corrected chi connectivity index (χ0v) is 18.5. The number of tetrazole rings is 1. The molecule has 8 nitrogen and oxygen atoms in total. The molecule has 0 bridgehead atoms. The molecule has 2 heterocycles. The molecule has 2 aromatic carbocycles. The lowest BCUT2D eigenvalue weighted by atomic mass is 10.0. The third kappa shape index (κ3) is 4.38. The Morgan fingerprint density at radius 2 is 2.06 bits per heavy atom. The molecule has 31 heavy (non-hydrogen) atoms. The van der Waals surface area contributed by atoms with E-state index in [1.165, 1.54) is 5.56 Å². The molecule has 8 heteroatoms. The van der Waals surface area contributed by atoms with Gasteiger partial charge in [-0.1, -0.05) is 18.2 Å². The molecule has 1 aliphatic heterocycles. The van der Waals surface area contributed by atoms with Crippen molar-refractivity contribution in [3.8, 4) is 17.2 Å². The molecule has 1 aromatic heterocycles. The number of benzene rings is 2. The maximum atomic E-state index is 12.7. The number of aromatic nitrogens is 4. The Bertz CT molecular complexity index is 1120. The number of rotatable bonds is 6. The van der Waals surface area contributed by atoms with Gasteiger partial charge in [-0.05, 0) is 74.4 Å². The zero-order chi connectivity index (χ0) is 22.2. The van der Waals surface area contributed by atoms with Crippen LogP contribution in [0.3, 0.4) is 0 Å². The van der Waals surface area contributed by atoms with E-state index in [0.29, 0.717) is 17.3 Å². The number of ether oxygens (including phenoxy) is 2. The van der Waals surface area contributed by atoms with E-state index in [-0.39, 0.29) is 18.1 Å². The summed E-state index contributed by atoms with van der Waals surface area (Å²) in [7, 11) is 0. The van der Waals surface area contributed by atoms with Gasteiger partial charge in [-0.15, -0.1) is 5.10 Å². The molecule has 0 spiro atoms. The topological polar surface area (TPSA) is 91.2 Å². The van der Waals surface area contributed by atoms with Crippen LogP contribution in [0.15, 0.2) is 36.4 Å². The van der Waals surface area contributed by atoms with Crippen LogP contribution in [-0.2, 0) is 17.8 Å². The number of aryl methyl sites for hydroxylation is 2. The quantitative estimate of drug-likeness (QED) is 0.658. The molecule has 0 saturated heterocycles. The van der Waals surface area contributed by atoms with E-state index in [0.717, 1.165) is 23.2 Å². The lowest BCUT2D eigenvalue weighted by Crippen LogP contribution is -2.36. The fraction of sp³-hybridized carbons (Fsp3) is 0.391. The maximum Gasteiger partial charge on any atom is 0.261 e. The largest absolute Gasteiger partial charge is 0.483 e. The van der Waals surface area contributed by atoms with Crippen molar-refractivity contribution in [2.24, 2.45) is 0 Å². The predicted octanol–water partition coefficient (Wildman–Crippen LogP) is 3.08. The SMILES string of the molecule is Cc1ccc(-n2nnnc2CNC(=O)C(C)Oc2cccc3c2OC(C)(C)C3)cc1C. The average molecular weight is 422 g/mol. The van der Waals surface area contributed by atoms with E-state index in [2.05, 4.69) is 27.8 Å². The summed E-state index contributed by atoms with van der Waals surface area (Å²) in [4.78, 5) is 12.7. The standard InChI is InChI=1S/C23H27N5O3/c1-14-9-10-18(11-15(14)2)28-20(25-26-27-28)13-24-22(29)16(3)30-19-8-6-7-17-12-23(4,5)31-21(17)19/h6-11,16H,12-13H2,1-5H3,(H,24,29). The first-order chi connectivity index (χ1) is 14.7. The van der Waals surface area contributed by atoms with Crippen LogP contribution in [-0.4, -0.2) is 37.8 Å². The summed E-state index contributed by atoms with van der Waals surface area (Å²) in [5.74, 6) is 1.57. The molecule has 4 rings (SSSR count). The number of fused-ring (bicyclic) bond motifs is 1. The third-order valence-electron chi connectivity index (χ3n) is 5.42. The van der Waals surface area contributed by atoms with Gasteiger partial charge < -0.3 is 14.8 Å². The third-order valence-corrected chi connectivity index (χ3v) is 5.42. The summed E-state index contributed by atoms with van der Waals surface area (Å²) in [6.07, 6.45) is 0.103. The van der Waals surface area contributed by atoms with Gasteiger partial charge in [-0.2, -0.15) is 4.68 Å². The molecule has 1 aliphatic rings. The van der Waals surface area contributed by atoms with Gasteiger partial charge in [0.15, 0.2) is 23.4 Å². The molecule has 1 N–H and O–H groups in total. The molecule has 1 atom stereocenters. The Morgan fingerprint density at radius 1 is 1.26 bits per heavy atom. The van der Waals surface area contributed by atoms with Crippen LogP contribution in [0.25, 0.3) is 5.69 Å². The van der Waals surface area contributed by atoms with Crippen molar-refractivity contribution in [3.05, 3.63) is 58.9 Å². The van der Waals surface area contributed by atoms with Crippen LogP contribution in [0.4, 0.5) is 0 Å². The molecule has 0 radical (unpaired) electrons. The van der Waals surface area contributed by atoms with E-state index in [9.17, 15) is 4.79 Å². The van der Waals surface area contributed by atoms with Crippen molar-refractivity contribution >= 4 is 5.91 Å². The van der Waals surface area contributed by atoms with Gasteiger partial charge >= 0.3 is 0 Å². The van der Waals surface area contributed by atoms with Crippen LogP contribution in [0.2, 0.25) is 0 Å². The molecule has 162 valence electrons. The van der Waals surface area contributed by atoms with Crippen LogP contribution in [0.1, 0.15) is 43.3 Å². The van der Waals surface area contributed by atoms with Crippen molar-refractivity contribution in [1.82, 2.24) is 25.5 Å². The van der Waals surface area contributed by atoms with E-state index in [1.54, 1.807) is 11.6 Å². The van der Waals surface area contributed by atoms with Gasteiger partial charge in [0, 0.05) is 12.0 Å². The molecule has 0 aliphatic carbocycles. The normalized spacial score (nSPS) is 15.1. The summed E-state index contributed by atoms with van der Waals surface area (Å²) in [6, 6.07) is 11.7. The second-order valence-corrected chi connectivity index (χ2v) is 8.54. The molecule has 1 amide bonds. The Morgan fingerprint density at radius 3 is 2.84 bits per heavy atom. The lowest BCUT2D eigenvalue weighted by molar-refractivity contribution is -0.127. The molecule has 0 saturated carbocycles. The van der Waals surface area contributed by atoms with Crippen LogP contribution in [0.5, 0.6) is 11.5 Å². The molecular weight excluding hydrogens is 394 g/mol. The van der Waals surface area contributed by atoms with Crippen molar-refractivity contribution in [2.45, 2.75) is 59.3 Å². The number of para-hydroxylation sites is 1. The molecule has 0 fully saturated rings. The van der Waals surface area contributed by atoms with Crippen molar-refractivity contribution in [2.75, 3.05) is 0 Å². The number of carbonyl (C=O) groups excluding carboxylic acids is 1. The summed E-state index contributed by atoms with van der Waals surface area (Å²) in [5, 5.41) is 14.7. The average Bonchev–Trinajstić information content (AvgIpc) is 3.31. The first-order valence-corrected chi connectivity index (χ1v) is 10.3. The highest BCUT2D eigenvalue weighted by molar-refractivity contribution is 5.80. The lowest BCUT2D eigenvalue weighted by Gasteiger charge is -2.20. The number of carbonyl (C=O) groups is 1. The van der Waals surface area contributed by atoms with Gasteiger partial charge in [0.05, 0.1) is 12.2 Å². The van der Waals surface area contributed by atoms with Crippen LogP contribution >= 0.6 is 0 Å².